The first kappa shape index (κ1) is 13.6. The lowest BCUT2D eigenvalue weighted by molar-refractivity contribution is -0.125. The maximum Gasteiger partial charge on any atom is 0.178 e. The highest BCUT2D eigenvalue weighted by Crippen LogP contribution is 2.16. The van der Waals surface area contributed by atoms with Gasteiger partial charge >= 0.3 is 0 Å². The van der Waals surface area contributed by atoms with Crippen molar-refractivity contribution in [3.8, 4) is 0 Å². The summed E-state index contributed by atoms with van der Waals surface area (Å²) in [4.78, 5) is 11.5. The zero-order valence-corrected chi connectivity index (χ0v) is 9.98. The summed E-state index contributed by atoms with van der Waals surface area (Å²) < 4.78 is 26.2. The van der Waals surface area contributed by atoms with Crippen LogP contribution in [0.25, 0.3) is 0 Å². The molecule has 0 bridgehead atoms. The van der Waals surface area contributed by atoms with Crippen LogP contribution in [0.3, 0.4) is 0 Å². The Balaban J connectivity index is 4.39. The average Bonchev–Trinajstić information content (AvgIpc) is 2.02. The molecule has 0 rings (SSSR count). The Hall–Kier alpha value is -0.420. The molecule has 0 radical (unpaired) electrons. The van der Waals surface area contributed by atoms with Crippen LogP contribution >= 0.6 is 0 Å². The maximum atomic E-state index is 11.5. The Kier molecular flexibility index (Phi) is 4.74. The fourth-order valence-corrected chi connectivity index (χ4v) is 1.16. The van der Waals surface area contributed by atoms with Gasteiger partial charge in [0, 0.05) is 12.9 Å². The highest BCUT2D eigenvalue weighted by molar-refractivity contribution is 7.92. The summed E-state index contributed by atoms with van der Waals surface area (Å²) in [5.41, 5.74) is 0. The van der Waals surface area contributed by atoms with Crippen LogP contribution in [0, 0.1) is 0 Å². The van der Waals surface area contributed by atoms with E-state index in [1.165, 1.54) is 13.8 Å². The molecule has 0 spiro atoms. The molecule has 5 heteroatoms. The van der Waals surface area contributed by atoms with Crippen LogP contribution in [-0.4, -0.2) is 38.4 Å². The van der Waals surface area contributed by atoms with Crippen molar-refractivity contribution in [2.45, 2.75) is 31.9 Å². The number of Topliss-reactive ketones (excluding diaryl/α,β-unsaturated/α-hetero) is 1. The van der Waals surface area contributed by atoms with Crippen molar-refractivity contribution in [1.29, 1.82) is 0 Å². The summed E-state index contributed by atoms with van der Waals surface area (Å²) >= 11 is 0. The molecule has 0 fully saturated rings. The third-order valence-electron chi connectivity index (χ3n) is 2.18. The van der Waals surface area contributed by atoms with Gasteiger partial charge in [-0.25, -0.2) is 8.42 Å². The Morgan fingerprint density at radius 3 is 2.21 bits per heavy atom. The van der Waals surface area contributed by atoms with Gasteiger partial charge < -0.3 is 4.74 Å². The molecule has 0 amide bonds. The van der Waals surface area contributed by atoms with E-state index in [9.17, 15) is 13.2 Å². The summed E-state index contributed by atoms with van der Waals surface area (Å²) in [6.45, 7) is 5.08. The van der Waals surface area contributed by atoms with E-state index in [4.69, 9.17) is 4.74 Å². The van der Waals surface area contributed by atoms with Gasteiger partial charge in [-0.1, -0.05) is 6.92 Å². The molecule has 0 aliphatic heterocycles. The molecule has 0 aromatic heterocycles. The van der Waals surface area contributed by atoms with Crippen LogP contribution in [0.4, 0.5) is 0 Å². The van der Waals surface area contributed by atoms with Gasteiger partial charge in [-0.2, -0.15) is 0 Å². The second kappa shape index (κ2) is 4.89. The number of rotatable bonds is 6. The number of sulfone groups is 1. The SMILES string of the molecule is CCCOCC(=O)C(C)(C)S(C)(=O)=O. The van der Waals surface area contributed by atoms with Crippen LogP contribution in [0.15, 0.2) is 0 Å². The van der Waals surface area contributed by atoms with Crippen molar-refractivity contribution in [3.63, 3.8) is 0 Å². The molecule has 0 N–H and O–H groups in total. The minimum atomic E-state index is -3.37. The monoisotopic (exact) mass is 222 g/mol. The van der Waals surface area contributed by atoms with Crippen molar-refractivity contribution < 1.29 is 17.9 Å². The molecule has 0 heterocycles. The third-order valence-corrected chi connectivity index (χ3v) is 4.26. The Morgan fingerprint density at radius 2 is 1.86 bits per heavy atom. The van der Waals surface area contributed by atoms with Crippen molar-refractivity contribution in [2.24, 2.45) is 0 Å². The van der Waals surface area contributed by atoms with Gasteiger partial charge in [0.15, 0.2) is 15.6 Å². The largest absolute Gasteiger partial charge is 0.374 e. The van der Waals surface area contributed by atoms with Gasteiger partial charge in [0.05, 0.1) is 0 Å². The lowest BCUT2D eigenvalue weighted by atomic mass is 10.1. The van der Waals surface area contributed by atoms with Gasteiger partial charge in [0.2, 0.25) is 0 Å². The molecule has 0 atom stereocenters. The Morgan fingerprint density at radius 1 is 1.36 bits per heavy atom. The lowest BCUT2D eigenvalue weighted by Gasteiger charge is -2.20. The molecule has 0 aromatic rings. The van der Waals surface area contributed by atoms with E-state index in [0.717, 1.165) is 12.7 Å². The minimum Gasteiger partial charge on any atom is -0.374 e. The van der Waals surface area contributed by atoms with E-state index in [0.29, 0.717) is 6.61 Å². The maximum absolute atomic E-state index is 11.5. The van der Waals surface area contributed by atoms with Crippen LogP contribution in [0.2, 0.25) is 0 Å². The lowest BCUT2D eigenvalue weighted by Crippen LogP contribution is -2.42. The Bertz CT molecular complexity index is 290. The predicted molar refractivity (Wildman–Crippen MR) is 55.0 cm³/mol. The molecule has 0 aromatic carbocycles. The molecule has 0 aliphatic carbocycles. The second-order valence-electron chi connectivity index (χ2n) is 3.76. The number of hydrogen-bond donors (Lipinski definition) is 0. The standard InChI is InChI=1S/C9H18O4S/c1-5-6-13-7-8(10)9(2,3)14(4,11)12/h5-7H2,1-4H3. The number of hydrogen-bond acceptors (Lipinski definition) is 4. The zero-order chi connectivity index (χ0) is 11.4. The number of ketones is 1. The highest BCUT2D eigenvalue weighted by atomic mass is 32.2. The quantitative estimate of drug-likeness (QED) is 0.624. The van der Waals surface area contributed by atoms with Gasteiger partial charge in [0.1, 0.15) is 11.4 Å². The first-order chi connectivity index (χ1) is 6.23. The summed E-state index contributed by atoms with van der Waals surface area (Å²) in [6.07, 6.45) is 1.87. The predicted octanol–water partition coefficient (Wildman–Crippen LogP) is 0.805. The van der Waals surface area contributed by atoms with E-state index in [-0.39, 0.29) is 6.61 Å². The van der Waals surface area contributed by atoms with E-state index >= 15 is 0 Å². The van der Waals surface area contributed by atoms with E-state index in [1.807, 2.05) is 6.92 Å². The van der Waals surface area contributed by atoms with Crippen molar-refractivity contribution in [1.82, 2.24) is 0 Å². The summed E-state index contributed by atoms with van der Waals surface area (Å²) in [7, 11) is -3.37. The zero-order valence-electron chi connectivity index (χ0n) is 9.16. The molecule has 14 heavy (non-hydrogen) atoms. The van der Waals surface area contributed by atoms with Crippen molar-refractivity contribution in [2.75, 3.05) is 19.5 Å². The molecule has 84 valence electrons. The van der Waals surface area contributed by atoms with Crippen LogP contribution < -0.4 is 0 Å². The van der Waals surface area contributed by atoms with E-state index in [2.05, 4.69) is 0 Å². The first-order valence-corrected chi connectivity index (χ1v) is 6.43. The summed E-state index contributed by atoms with van der Waals surface area (Å²) in [5.74, 6) is -0.395. The molecule has 4 nitrogen and oxygen atoms in total. The number of ether oxygens (including phenoxy) is 1. The minimum absolute atomic E-state index is 0.131. The molecular formula is C9H18O4S. The highest BCUT2D eigenvalue weighted by Gasteiger charge is 2.37. The topological polar surface area (TPSA) is 60.4 Å². The molecule has 0 saturated heterocycles. The molecule has 0 unspecified atom stereocenters. The normalized spacial score (nSPS) is 12.9. The second-order valence-corrected chi connectivity index (χ2v) is 6.32. The van der Waals surface area contributed by atoms with E-state index < -0.39 is 20.4 Å². The van der Waals surface area contributed by atoms with Gasteiger partial charge in [-0.05, 0) is 20.3 Å². The number of carbonyl (C=O) groups excluding carboxylic acids is 1. The van der Waals surface area contributed by atoms with Gasteiger partial charge in [-0.15, -0.1) is 0 Å². The third kappa shape index (κ3) is 3.38. The van der Waals surface area contributed by atoms with Gasteiger partial charge in [0.25, 0.3) is 0 Å². The summed E-state index contributed by atoms with van der Waals surface area (Å²) in [6, 6.07) is 0. The van der Waals surface area contributed by atoms with Crippen LogP contribution in [-0.2, 0) is 19.4 Å². The summed E-state index contributed by atoms with van der Waals surface area (Å²) in [5, 5.41) is 0. The van der Waals surface area contributed by atoms with Crippen LogP contribution in [0.1, 0.15) is 27.2 Å². The average molecular weight is 222 g/mol. The first-order valence-electron chi connectivity index (χ1n) is 4.54. The molecule has 0 aliphatic rings. The fraction of sp³-hybridized carbons (Fsp3) is 0.889. The number of carbonyl (C=O) groups is 1. The fourth-order valence-electron chi connectivity index (χ4n) is 0.690. The smallest absolute Gasteiger partial charge is 0.178 e. The Labute approximate surface area is 85.6 Å². The molecular weight excluding hydrogens is 204 g/mol. The van der Waals surface area contributed by atoms with Crippen LogP contribution in [0.5, 0.6) is 0 Å². The van der Waals surface area contributed by atoms with E-state index in [1.54, 1.807) is 0 Å². The van der Waals surface area contributed by atoms with Crippen molar-refractivity contribution in [3.05, 3.63) is 0 Å². The van der Waals surface area contributed by atoms with Gasteiger partial charge in [-0.3, -0.25) is 4.79 Å². The van der Waals surface area contributed by atoms with Crippen molar-refractivity contribution >= 4 is 15.6 Å². The molecule has 0 saturated carbocycles.